The Kier molecular flexibility index (Phi) is 9.28. The van der Waals surface area contributed by atoms with Gasteiger partial charge in [-0.25, -0.2) is 0 Å². The van der Waals surface area contributed by atoms with E-state index in [1.165, 1.54) is 12.4 Å². The third-order valence-corrected chi connectivity index (χ3v) is 5.95. The number of nitrogens with zero attached hydrogens (tertiary/aromatic N) is 4. The zero-order valence-electron chi connectivity index (χ0n) is 21.1. The Morgan fingerprint density at radius 1 is 0.800 bits per heavy atom. The van der Waals surface area contributed by atoms with E-state index >= 15 is 0 Å². The number of aliphatic carboxylic acids is 1. The van der Waals surface area contributed by atoms with E-state index in [-0.39, 0.29) is 34.2 Å². The topological polar surface area (TPSA) is 114 Å². The van der Waals surface area contributed by atoms with Crippen molar-refractivity contribution in [2.24, 2.45) is 9.98 Å². The molecule has 0 atom stereocenters. The average Bonchev–Trinajstić information content (AvgIpc) is 2.98. The van der Waals surface area contributed by atoms with Crippen molar-refractivity contribution < 1.29 is 31.5 Å². The SMILES string of the molecule is O=C([O-])/C(=C\N=C(c1ccccc1)c1ccccc1N=C([O-])c1ccccn1)Cc1ccc2ccccc2n1.[Ni+2]. The molecule has 0 saturated carbocycles. The first-order valence-electron chi connectivity index (χ1n) is 12.2. The predicted molar refractivity (Wildman–Crippen MR) is 147 cm³/mol. The number of aliphatic imine (C=N–C) groups is 2. The quantitative estimate of drug-likeness (QED) is 0.122. The van der Waals surface area contributed by atoms with Crippen molar-refractivity contribution >= 4 is 34.2 Å². The van der Waals surface area contributed by atoms with Crippen molar-refractivity contribution in [1.29, 1.82) is 0 Å². The molecule has 7 nitrogen and oxygen atoms in total. The van der Waals surface area contributed by atoms with Crippen LogP contribution in [-0.4, -0.2) is 27.5 Å². The smallest absolute Gasteiger partial charge is 0.857 e. The van der Waals surface area contributed by atoms with Crippen LogP contribution in [-0.2, 0) is 27.7 Å². The summed E-state index contributed by atoms with van der Waals surface area (Å²) in [4.78, 5) is 29.6. The third-order valence-electron chi connectivity index (χ3n) is 5.95. The fourth-order valence-corrected chi connectivity index (χ4v) is 4.04. The minimum Gasteiger partial charge on any atom is -0.857 e. The van der Waals surface area contributed by atoms with Gasteiger partial charge < -0.3 is 15.0 Å². The molecule has 0 aliphatic rings. The predicted octanol–water partition coefficient (Wildman–Crippen LogP) is 3.78. The number of para-hydroxylation sites is 2. The van der Waals surface area contributed by atoms with Crippen LogP contribution in [0, 0.1) is 0 Å². The number of carboxylic acid groups (broad SMARTS) is 1. The molecule has 0 radical (unpaired) electrons. The summed E-state index contributed by atoms with van der Waals surface area (Å²) in [6, 6.07) is 32.7. The van der Waals surface area contributed by atoms with Crippen molar-refractivity contribution in [3.8, 4) is 0 Å². The van der Waals surface area contributed by atoms with Gasteiger partial charge in [0.15, 0.2) is 0 Å². The maximum Gasteiger partial charge on any atom is 2.00 e. The molecule has 198 valence electrons. The van der Waals surface area contributed by atoms with E-state index in [1.807, 2.05) is 60.7 Å². The van der Waals surface area contributed by atoms with Gasteiger partial charge >= 0.3 is 16.5 Å². The number of aromatic nitrogens is 2. The van der Waals surface area contributed by atoms with Gasteiger partial charge in [-0.2, -0.15) is 0 Å². The Balaban J connectivity index is 0.00000370. The van der Waals surface area contributed by atoms with Crippen LogP contribution in [0.2, 0.25) is 0 Å². The van der Waals surface area contributed by atoms with E-state index in [0.717, 1.165) is 16.5 Å². The maximum absolute atomic E-state index is 12.8. The summed E-state index contributed by atoms with van der Waals surface area (Å²) in [5.41, 5.74) is 3.65. The molecule has 0 fully saturated rings. The molecular weight excluding hydrogens is 547 g/mol. The molecule has 5 rings (SSSR count). The Labute approximate surface area is 241 Å². The number of carbonyl (C=O) groups excluding carboxylic acids is 1. The summed E-state index contributed by atoms with van der Waals surface area (Å²) >= 11 is 0. The van der Waals surface area contributed by atoms with Crippen molar-refractivity contribution in [3.63, 3.8) is 0 Å². The van der Waals surface area contributed by atoms with Crippen LogP contribution in [0.4, 0.5) is 5.69 Å². The molecule has 0 aliphatic carbocycles. The van der Waals surface area contributed by atoms with Crippen LogP contribution in [0.15, 0.2) is 137 Å². The molecule has 0 spiro atoms. The summed E-state index contributed by atoms with van der Waals surface area (Å²) in [6.45, 7) is 0. The standard InChI is InChI=1S/C32H24N4O3.Ni/c37-31(29-16-8-9-19-33-29)36-28-15-7-5-13-26(28)30(23-11-2-1-3-12-23)34-21-24(32(38)39)20-25-18-17-22-10-4-6-14-27(22)35-25;/h1-19,21H,20H2,(H,36,37)(H,38,39);/q;+2/p-2/b24-21-,34-30?;. The van der Waals surface area contributed by atoms with Crippen LogP contribution in [0.5, 0.6) is 0 Å². The molecule has 8 heteroatoms. The van der Waals surface area contributed by atoms with Crippen molar-refractivity contribution in [2.45, 2.75) is 6.42 Å². The van der Waals surface area contributed by atoms with Gasteiger partial charge in [-0.1, -0.05) is 78.9 Å². The minimum absolute atomic E-state index is 0. The van der Waals surface area contributed by atoms with Crippen molar-refractivity contribution in [2.75, 3.05) is 0 Å². The molecule has 40 heavy (non-hydrogen) atoms. The molecule has 0 saturated heterocycles. The number of fused-ring (bicyclic) bond motifs is 1. The molecule has 0 aliphatic heterocycles. The Morgan fingerprint density at radius 3 is 2.30 bits per heavy atom. The van der Waals surface area contributed by atoms with Gasteiger partial charge in [0.2, 0.25) is 0 Å². The summed E-state index contributed by atoms with van der Waals surface area (Å²) < 4.78 is 0. The zero-order chi connectivity index (χ0) is 27.0. The first-order valence-corrected chi connectivity index (χ1v) is 12.2. The van der Waals surface area contributed by atoms with Crippen molar-refractivity contribution in [3.05, 3.63) is 150 Å². The van der Waals surface area contributed by atoms with Crippen LogP contribution in [0.1, 0.15) is 22.5 Å². The van der Waals surface area contributed by atoms with Gasteiger partial charge in [0.05, 0.1) is 28.6 Å². The fourth-order valence-electron chi connectivity index (χ4n) is 4.04. The molecule has 0 N–H and O–H groups in total. The fraction of sp³-hybridized carbons (Fsp3) is 0.0312. The van der Waals surface area contributed by atoms with Crippen molar-refractivity contribution in [1.82, 2.24) is 9.97 Å². The van der Waals surface area contributed by atoms with E-state index in [9.17, 15) is 15.0 Å². The number of hydrogen-bond acceptors (Lipinski definition) is 7. The summed E-state index contributed by atoms with van der Waals surface area (Å²) in [7, 11) is 0. The van der Waals surface area contributed by atoms with E-state index in [0.29, 0.717) is 22.7 Å². The number of rotatable bonds is 8. The second-order valence-electron chi connectivity index (χ2n) is 8.61. The van der Waals surface area contributed by atoms with Crippen LogP contribution in [0.25, 0.3) is 10.9 Å². The second kappa shape index (κ2) is 13.2. The van der Waals surface area contributed by atoms with Gasteiger partial charge in [-0.15, -0.1) is 0 Å². The van der Waals surface area contributed by atoms with Gasteiger partial charge in [0, 0.05) is 46.9 Å². The molecule has 2 aromatic heterocycles. The maximum atomic E-state index is 12.8. The Hall–Kier alpha value is -4.94. The number of hydrogen-bond donors (Lipinski definition) is 0. The Bertz CT molecular complexity index is 1720. The molecule has 0 amide bonds. The molecule has 3 aromatic carbocycles. The summed E-state index contributed by atoms with van der Waals surface area (Å²) in [5.74, 6) is -1.84. The van der Waals surface area contributed by atoms with E-state index in [2.05, 4.69) is 20.0 Å². The monoisotopic (exact) mass is 568 g/mol. The van der Waals surface area contributed by atoms with E-state index < -0.39 is 11.9 Å². The molecule has 0 unspecified atom stereocenters. The average molecular weight is 569 g/mol. The first-order chi connectivity index (χ1) is 19.1. The van der Waals surface area contributed by atoms with Crippen LogP contribution >= 0.6 is 0 Å². The summed E-state index contributed by atoms with van der Waals surface area (Å²) in [6.07, 6.45) is 2.84. The van der Waals surface area contributed by atoms with Gasteiger partial charge in [-0.3, -0.25) is 20.0 Å². The van der Waals surface area contributed by atoms with Crippen LogP contribution in [0.3, 0.4) is 0 Å². The molecular formula is C32H22N4NiO3. The second-order valence-corrected chi connectivity index (χ2v) is 8.61. The first kappa shape index (κ1) is 28.1. The minimum atomic E-state index is -1.34. The molecule has 5 aromatic rings. The number of benzene rings is 3. The largest absolute Gasteiger partial charge is 2.00 e. The van der Waals surface area contributed by atoms with E-state index in [4.69, 9.17) is 0 Å². The normalized spacial score (nSPS) is 12.2. The summed E-state index contributed by atoms with van der Waals surface area (Å²) in [5, 5.41) is 25.8. The third kappa shape index (κ3) is 6.73. The van der Waals surface area contributed by atoms with Gasteiger partial charge in [-0.05, 0) is 35.9 Å². The Morgan fingerprint density at radius 2 is 1.52 bits per heavy atom. The molecule has 0 bridgehead atoms. The van der Waals surface area contributed by atoms with Gasteiger partial charge in [0.25, 0.3) is 0 Å². The van der Waals surface area contributed by atoms with Gasteiger partial charge in [0.1, 0.15) is 0 Å². The van der Waals surface area contributed by atoms with Crippen LogP contribution < -0.4 is 10.2 Å². The zero-order valence-corrected chi connectivity index (χ0v) is 22.1. The number of pyridine rings is 2. The van der Waals surface area contributed by atoms with E-state index in [1.54, 1.807) is 48.5 Å². The number of carboxylic acids is 1. The molecule has 2 heterocycles. The number of carbonyl (C=O) groups is 1.